The van der Waals surface area contributed by atoms with Crippen molar-refractivity contribution in [1.82, 2.24) is 0 Å². The summed E-state index contributed by atoms with van der Waals surface area (Å²) in [6, 6.07) is 9.94. The molecule has 0 saturated heterocycles. The van der Waals surface area contributed by atoms with Crippen molar-refractivity contribution in [2.75, 3.05) is 11.9 Å². The van der Waals surface area contributed by atoms with Gasteiger partial charge in [0, 0.05) is 5.56 Å². The molecule has 0 aliphatic heterocycles. The lowest BCUT2D eigenvalue weighted by atomic mass is 10.1. The largest absolute Gasteiger partial charge is 0.384 e. The summed E-state index contributed by atoms with van der Waals surface area (Å²) >= 11 is 0. The summed E-state index contributed by atoms with van der Waals surface area (Å²) in [6.45, 7) is -0.339. The Morgan fingerprint density at radius 3 is 2.67 bits per heavy atom. The first-order valence-corrected chi connectivity index (χ1v) is 6.07. The Balaban J connectivity index is 2.31. The first-order chi connectivity index (χ1) is 10.1. The van der Waals surface area contributed by atoms with Gasteiger partial charge in [0.15, 0.2) is 11.6 Å². The van der Waals surface area contributed by atoms with E-state index in [4.69, 9.17) is 5.11 Å². The second kappa shape index (κ2) is 6.64. The second-order valence-corrected chi connectivity index (χ2v) is 4.06. The molecule has 0 saturated carbocycles. The molecule has 0 atom stereocenters. The number of anilines is 1. The summed E-state index contributed by atoms with van der Waals surface area (Å²) in [4.78, 5) is 12.1. The predicted molar refractivity (Wildman–Crippen MR) is 74.7 cm³/mol. The van der Waals surface area contributed by atoms with Crippen LogP contribution in [0.5, 0.6) is 0 Å². The molecular formula is C16H11F2NO2. The van der Waals surface area contributed by atoms with Crippen molar-refractivity contribution >= 4 is 11.6 Å². The molecule has 1 amide bonds. The molecule has 0 spiro atoms. The molecule has 0 unspecified atom stereocenters. The van der Waals surface area contributed by atoms with Gasteiger partial charge in [0.05, 0.1) is 11.3 Å². The van der Waals surface area contributed by atoms with Gasteiger partial charge in [-0.3, -0.25) is 4.79 Å². The summed E-state index contributed by atoms with van der Waals surface area (Å²) in [5, 5.41) is 11.0. The average Bonchev–Trinajstić information content (AvgIpc) is 2.50. The Bertz CT molecular complexity index is 733. The number of nitrogens with one attached hydrogen (secondary N) is 1. The molecule has 0 aliphatic carbocycles. The van der Waals surface area contributed by atoms with E-state index in [-0.39, 0.29) is 17.9 Å². The zero-order valence-corrected chi connectivity index (χ0v) is 10.9. The van der Waals surface area contributed by atoms with Crippen LogP contribution in [-0.4, -0.2) is 17.6 Å². The van der Waals surface area contributed by atoms with Crippen LogP contribution in [0.1, 0.15) is 15.9 Å². The van der Waals surface area contributed by atoms with Crippen molar-refractivity contribution in [2.45, 2.75) is 0 Å². The van der Waals surface area contributed by atoms with Crippen LogP contribution in [0.25, 0.3) is 0 Å². The number of aliphatic hydroxyl groups is 1. The number of rotatable bonds is 2. The van der Waals surface area contributed by atoms with Gasteiger partial charge in [-0.1, -0.05) is 30.0 Å². The minimum Gasteiger partial charge on any atom is -0.384 e. The summed E-state index contributed by atoms with van der Waals surface area (Å²) in [6.07, 6.45) is 0. The number of hydrogen-bond acceptors (Lipinski definition) is 2. The summed E-state index contributed by atoms with van der Waals surface area (Å²) < 4.78 is 26.6. The lowest BCUT2D eigenvalue weighted by molar-refractivity contribution is 0.102. The molecule has 0 radical (unpaired) electrons. The fraction of sp³-hybridized carbons (Fsp3) is 0.0625. The van der Waals surface area contributed by atoms with Gasteiger partial charge in [-0.15, -0.1) is 0 Å². The zero-order valence-electron chi connectivity index (χ0n) is 10.9. The van der Waals surface area contributed by atoms with Crippen molar-refractivity contribution < 1.29 is 18.7 Å². The number of halogens is 2. The molecule has 0 aliphatic rings. The van der Waals surface area contributed by atoms with Crippen LogP contribution in [-0.2, 0) is 0 Å². The number of hydrogen-bond donors (Lipinski definition) is 2. The van der Waals surface area contributed by atoms with Crippen molar-refractivity contribution in [2.24, 2.45) is 0 Å². The third kappa shape index (κ3) is 3.44. The van der Waals surface area contributed by atoms with E-state index >= 15 is 0 Å². The van der Waals surface area contributed by atoms with E-state index < -0.39 is 17.5 Å². The average molecular weight is 287 g/mol. The van der Waals surface area contributed by atoms with Crippen LogP contribution < -0.4 is 5.32 Å². The first-order valence-electron chi connectivity index (χ1n) is 6.07. The molecule has 21 heavy (non-hydrogen) atoms. The van der Waals surface area contributed by atoms with Gasteiger partial charge in [-0.25, -0.2) is 8.78 Å². The first kappa shape index (κ1) is 14.7. The summed E-state index contributed by atoms with van der Waals surface area (Å²) in [5.74, 6) is 2.29. The molecule has 0 heterocycles. The topological polar surface area (TPSA) is 49.3 Å². The molecule has 0 fully saturated rings. The number of aliphatic hydroxyl groups excluding tert-OH is 1. The normalized spacial score (nSPS) is 9.67. The van der Waals surface area contributed by atoms with Crippen LogP contribution in [0.2, 0.25) is 0 Å². The van der Waals surface area contributed by atoms with Crippen LogP contribution in [0.3, 0.4) is 0 Å². The molecule has 2 aromatic carbocycles. The van der Waals surface area contributed by atoms with Gasteiger partial charge in [-0.05, 0) is 24.3 Å². The second-order valence-electron chi connectivity index (χ2n) is 4.06. The van der Waals surface area contributed by atoms with E-state index in [1.54, 1.807) is 18.2 Å². The predicted octanol–water partition coefficient (Wildman–Crippen LogP) is 2.56. The van der Waals surface area contributed by atoms with Crippen LogP contribution in [0, 0.1) is 23.5 Å². The fourth-order valence-electron chi connectivity index (χ4n) is 1.71. The van der Waals surface area contributed by atoms with E-state index in [1.165, 1.54) is 18.2 Å². The van der Waals surface area contributed by atoms with Gasteiger partial charge in [0.25, 0.3) is 5.91 Å². The lowest BCUT2D eigenvalue weighted by Gasteiger charge is -2.08. The maximum atomic E-state index is 13.5. The van der Waals surface area contributed by atoms with Crippen LogP contribution in [0.15, 0.2) is 42.5 Å². The van der Waals surface area contributed by atoms with Crippen molar-refractivity contribution in [3.8, 4) is 11.8 Å². The Kier molecular flexibility index (Phi) is 4.64. The maximum Gasteiger partial charge on any atom is 0.257 e. The van der Waals surface area contributed by atoms with Gasteiger partial charge >= 0.3 is 0 Å². The molecule has 106 valence electrons. The fourth-order valence-corrected chi connectivity index (χ4v) is 1.71. The molecule has 0 bridgehead atoms. The van der Waals surface area contributed by atoms with Gasteiger partial charge in [-0.2, -0.15) is 0 Å². The quantitative estimate of drug-likeness (QED) is 0.834. The molecule has 5 heteroatoms. The maximum absolute atomic E-state index is 13.5. The third-order valence-electron chi connectivity index (χ3n) is 2.67. The van der Waals surface area contributed by atoms with Crippen LogP contribution >= 0.6 is 0 Å². The molecule has 2 N–H and O–H groups in total. The standard InChI is InChI=1S/C16H11F2NO2/c17-13-8-3-9-14(15(13)18)19-16(21)12-7-2-1-5-11(12)6-4-10-20/h1-3,5,7-9,20H,10H2,(H,19,21). The Morgan fingerprint density at radius 2 is 1.90 bits per heavy atom. The van der Waals surface area contributed by atoms with Crippen molar-refractivity contribution in [1.29, 1.82) is 0 Å². The smallest absolute Gasteiger partial charge is 0.257 e. The number of amides is 1. The minimum atomic E-state index is -1.12. The molecular weight excluding hydrogens is 276 g/mol. The SMILES string of the molecule is O=C(Nc1cccc(F)c1F)c1ccccc1C#CCO. The van der Waals surface area contributed by atoms with Gasteiger partial charge < -0.3 is 10.4 Å². The van der Waals surface area contributed by atoms with Gasteiger partial charge in [0.2, 0.25) is 0 Å². The minimum absolute atomic E-state index is 0.210. The Labute approximate surface area is 120 Å². The highest BCUT2D eigenvalue weighted by Crippen LogP contribution is 2.18. The Morgan fingerprint density at radius 1 is 1.14 bits per heavy atom. The van der Waals surface area contributed by atoms with Crippen molar-refractivity contribution in [3.05, 3.63) is 65.2 Å². The van der Waals surface area contributed by atoms with E-state index in [0.29, 0.717) is 5.56 Å². The molecule has 2 aromatic rings. The number of benzene rings is 2. The van der Waals surface area contributed by atoms with Crippen LogP contribution in [0.4, 0.5) is 14.5 Å². The summed E-state index contributed by atoms with van der Waals surface area (Å²) in [7, 11) is 0. The highest BCUT2D eigenvalue weighted by molar-refractivity contribution is 6.06. The van der Waals surface area contributed by atoms with E-state index in [2.05, 4.69) is 17.2 Å². The highest BCUT2D eigenvalue weighted by Gasteiger charge is 2.14. The molecule has 3 nitrogen and oxygen atoms in total. The molecule has 0 aromatic heterocycles. The van der Waals surface area contributed by atoms with E-state index in [1.807, 2.05) is 0 Å². The third-order valence-corrected chi connectivity index (χ3v) is 2.67. The van der Waals surface area contributed by atoms with E-state index in [0.717, 1.165) is 6.07 Å². The lowest BCUT2D eigenvalue weighted by Crippen LogP contribution is -2.15. The zero-order chi connectivity index (χ0) is 15.2. The van der Waals surface area contributed by atoms with Gasteiger partial charge in [0.1, 0.15) is 6.61 Å². The summed E-state index contributed by atoms with van der Waals surface area (Å²) in [5.41, 5.74) is 0.355. The van der Waals surface area contributed by atoms with Crippen molar-refractivity contribution in [3.63, 3.8) is 0 Å². The monoisotopic (exact) mass is 287 g/mol. The number of carbonyl (C=O) groups is 1. The number of carbonyl (C=O) groups excluding carboxylic acids is 1. The van der Waals surface area contributed by atoms with E-state index in [9.17, 15) is 13.6 Å². The highest BCUT2D eigenvalue weighted by atomic mass is 19.2. The molecule has 2 rings (SSSR count). The Hall–Kier alpha value is -2.71.